The van der Waals surface area contributed by atoms with Crippen LogP contribution >= 0.6 is 23.2 Å². The topological polar surface area (TPSA) is 58.6 Å². The molecule has 0 unspecified atom stereocenters. The van der Waals surface area contributed by atoms with E-state index in [1.165, 1.54) is 12.0 Å². The van der Waals surface area contributed by atoms with Crippen molar-refractivity contribution in [2.45, 2.75) is 38.1 Å². The third-order valence-corrected chi connectivity index (χ3v) is 5.07. The quantitative estimate of drug-likeness (QED) is 0.818. The Morgan fingerprint density at radius 1 is 1.12 bits per heavy atom. The highest BCUT2D eigenvalue weighted by molar-refractivity contribution is 6.48. The van der Waals surface area contributed by atoms with Crippen LogP contribution in [0, 0.1) is 0 Å². The second-order valence-corrected chi connectivity index (χ2v) is 6.72. The second-order valence-electron chi connectivity index (χ2n) is 5.94. The zero-order chi connectivity index (χ0) is 17.3. The first-order chi connectivity index (χ1) is 11.5. The number of halogens is 2. The molecule has 1 N–H and O–H groups in total. The summed E-state index contributed by atoms with van der Waals surface area (Å²) in [6.07, 6.45) is 4.86. The number of anilines is 1. The van der Waals surface area contributed by atoms with E-state index in [1.54, 1.807) is 18.2 Å². The van der Waals surface area contributed by atoms with E-state index in [0.29, 0.717) is 16.5 Å². The van der Waals surface area contributed by atoms with Crippen LogP contribution < -0.4 is 10.1 Å². The molecule has 1 aromatic rings. The first-order valence-corrected chi connectivity index (χ1v) is 8.66. The van der Waals surface area contributed by atoms with Crippen LogP contribution in [0.3, 0.4) is 0 Å². The van der Waals surface area contributed by atoms with Gasteiger partial charge in [0.2, 0.25) is 0 Å². The maximum Gasteiger partial charge on any atom is 0.279 e. The molecule has 0 aromatic heterocycles. The summed E-state index contributed by atoms with van der Waals surface area (Å²) in [5.41, 5.74) is 0.675. The molecular weight excluding hydrogens is 351 g/mol. The minimum atomic E-state index is -0.421. The van der Waals surface area contributed by atoms with E-state index in [0.717, 1.165) is 32.1 Å². The monoisotopic (exact) mass is 368 g/mol. The standard InChI is InChI=1S/C17H18Cl2N2O3/c1-24-13-8-7-10(9-12(13)18)20-15-14(19)16(22)21(17(15)23)11-5-3-2-4-6-11/h7-9,11,20H,2-6H2,1H3. The lowest BCUT2D eigenvalue weighted by atomic mass is 9.94. The van der Waals surface area contributed by atoms with Crippen LogP contribution in [0.4, 0.5) is 5.69 Å². The minimum Gasteiger partial charge on any atom is -0.495 e. The molecule has 5 nitrogen and oxygen atoms in total. The highest BCUT2D eigenvalue weighted by Gasteiger charge is 2.42. The Labute approximate surface area is 150 Å². The number of ether oxygens (including phenoxy) is 1. The first kappa shape index (κ1) is 17.1. The van der Waals surface area contributed by atoms with Crippen LogP contribution in [0.1, 0.15) is 32.1 Å². The van der Waals surface area contributed by atoms with Crippen LogP contribution in [0.5, 0.6) is 5.75 Å². The number of rotatable bonds is 4. The Kier molecular flexibility index (Phi) is 5.01. The van der Waals surface area contributed by atoms with Gasteiger partial charge in [-0.3, -0.25) is 14.5 Å². The number of amides is 2. The molecule has 1 aliphatic heterocycles. The van der Waals surface area contributed by atoms with Crippen molar-refractivity contribution in [3.63, 3.8) is 0 Å². The molecule has 1 fully saturated rings. The lowest BCUT2D eigenvalue weighted by molar-refractivity contribution is -0.140. The van der Waals surface area contributed by atoms with Crippen molar-refractivity contribution in [2.75, 3.05) is 12.4 Å². The average Bonchev–Trinajstić information content (AvgIpc) is 2.79. The van der Waals surface area contributed by atoms with Gasteiger partial charge in [0.25, 0.3) is 11.8 Å². The normalized spacial score (nSPS) is 19.2. The van der Waals surface area contributed by atoms with Gasteiger partial charge >= 0.3 is 0 Å². The van der Waals surface area contributed by atoms with E-state index < -0.39 is 5.91 Å². The van der Waals surface area contributed by atoms with Gasteiger partial charge in [0.1, 0.15) is 16.5 Å². The number of benzene rings is 1. The van der Waals surface area contributed by atoms with Gasteiger partial charge in [-0.2, -0.15) is 0 Å². The number of imide groups is 1. The smallest absolute Gasteiger partial charge is 0.279 e. The molecule has 128 valence electrons. The van der Waals surface area contributed by atoms with Gasteiger partial charge in [-0.05, 0) is 31.0 Å². The minimum absolute atomic E-state index is 0.0637. The van der Waals surface area contributed by atoms with Gasteiger partial charge < -0.3 is 10.1 Å². The van der Waals surface area contributed by atoms with Crippen LogP contribution in [-0.2, 0) is 9.59 Å². The Morgan fingerprint density at radius 2 is 1.83 bits per heavy atom. The molecule has 2 aliphatic rings. The Balaban J connectivity index is 1.81. The number of nitrogens with zero attached hydrogens (tertiary/aromatic N) is 1. The summed E-state index contributed by atoms with van der Waals surface area (Å²) in [5, 5.41) is 3.26. The lowest BCUT2D eigenvalue weighted by Gasteiger charge is -2.29. The number of carbonyl (C=O) groups is 2. The van der Waals surface area contributed by atoms with Crippen molar-refractivity contribution < 1.29 is 14.3 Å². The Bertz CT molecular complexity index is 712. The average molecular weight is 369 g/mol. The number of hydrogen-bond acceptors (Lipinski definition) is 4. The van der Waals surface area contributed by atoms with Crippen molar-refractivity contribution in [2.24, 2.45) is 0 Å². The van der Waals surface area contributed by atoms with E-state index >= 15 is 0 Å². The fraction of sp³-hybridized carbons (Fsp3) is 0.412. The summed E-state index contributed by atoms with van der Waals surface area (Å²) < 4.78 is 5.10. The van der Waals surface area contributed by atoms with Crippen LogP contribution in [0.2, 0.25) is 5.02 Å². The molecular formula is C17H18Cl2N2O3. The van der Waals surface area contributed by atoms with Gasteiger partial charge in [0.15, 0.2) is 0 Å². The third-order valence-electron chi connectivity index (χ3n) is 4.42. The maximum atomic E-state index is 12.7. The molecule has 0 atom stereocenters. The Hall–Kier alpha value is -1.72. The predicted octanol–water partition coefficient (Wildman–Crippen LogP) is 3.91. The molecule has 7 heteroatoms. The second kappa shape index (κ2) is 7.03. The van der Waals surface area contributed by atoms with Gasteiger partial charge in [-0.25, -0.2) is 0 Å². The van der Waals surface area contributed by atoms with E-state index in [4.69, 9.17) is 27.9 Å². The molecule has 3 rings (SSSR count). The van der Waals surface area contributed by atoms with E-state index in [1.807, 2.05) is 0 Å². The van der Waals surface area contributed by atoms with E-state index in [-0.39, 0.29) is 22.7 Å². The molecule has 2 amide bonds. The molecule has 1 aromatic carbocycles. The maximum absolute atomic E-state index is 12.7. The molecule has 1 saturated carbocycles. The van der Waals surface area contributed by atoms with Crippen LogP contribution in [0.15, 0.2) is 28.9 Å². The summed E-state index contributed by atoms with van der Waals surface area (Å²) in [6.45, 7) is 0. The number of nitrogens with one attached hydrogen (secondary N) is 1. The van der Waals surface area contributed by atoms with Gasteiger partial charge in [-0.15, -0.1) is 0 Å². The largest absolute Gasteiger partial charge is 0.495 e. The summed E-state index contributed by atoms with van der Waals surface area (Å²) >= 11 is 12.2. The van der Waals surface area contributed by atoms with E-state index in [2.05, 4.69) is 5.32 Å². The first-order valence-electron chi connectivity index (χ1n) is 7.91. The highest BCUT2D eigenvalue weighted by atomic mass is 35.5. The molecule has 0 saturated heterocycles. The zero-order valence-corrected chi connectivity index (χ0v) is 14.8. The number of hydrogen-bond donors (Lipinski definition) is 1. The molecule has 0 radical (unpaired) electrons. The van der Waals surface area contributed by atoms with Gasteiger partial charge in [0.05, 0.1) is 12.1 Å². The Morgan fingerprint density at radius 3 is 2.46 bits per heavy atom. The van der Waals surface area contributed by atoms with Crippen molar-refractivity contribution >= 4 is 40.7 Å². The summed E-state index contributed by atoms with van der Waals surface area (Å²) in [5.74, 6) is -0.264. The van der Waals surface area contributed by atoms with Crippen molar-refractivity contribution in [1.29, 1.82) is 0 Å². The lowest BCUT2D eigenvalue weighted by Crippen LogP contribution is -2.42. The summed E-state index contributed by atoms with van der Waals surface area (Å²) in [6, 6.07) is 4.95. The zero-order valence-electron chi connectivity index (χ0n) is 13.3. The molecule has 24 heavy (non-hydrogen) atoms. The summed E-state index contributed by atoms with van der Waals surface area (Å²) in [7, 11) is 1.52. The van der Waals surface area contributed by atoms with Crippen molar-refractivity contribution in [3.8, 4) is 5.75 Å². The number of methoxy groups -OCH3 is 1. The van der Waals surface area contributed by atoms with E-state index in [9.17, 15) is 9.59 Å². The SMILES string of the molecule is COc1ccc(NC2=C(Cl)C(=O)N(C3CCCCC3)C2=O)cc1Cl. The fourth-order valence-corrected chi connectivity index (χ4v) is 3.66. The van der Waals surface area contributed by atoms with Crippen LogP contribution in [0.25, 0.3) is 0 Å². The summed E-state index contributed by atoms with van der Waals surface area (Å²) in [4.78, 5) is 26.4. The number of carbonyl (C=O) groups excluding carboxylic acids is 2. The van der Waals surface area contributed by atoms with Gasteiger partial charge in [0, 0.05) is 11.7 Å². The molecule has 1 heterocycles. The molecule has 0 bridgehead atoms. The highest BCUT2D eigenvalue weighted by Crippen LogP contribution is 2.33. The fourth-order valence-electron chi connectivity index (χ4n) is 3.19. The van der Waals surface area contributed by atoms with Crippen molar-refractivity contribution in [1.82, 2.24) is 4.90 Å². The molecule has 0 spiro atoms. The molecule has 1 aliphatic carbocycles. The predicted molar refractivity (Wildman–Crippen MR) is 93.2 cm³/mol. The van der Waals surface area contributed by atoms with Crippen LogP contribution in [-0.4, -0.2) is 29.9 Å². The van der Waals surface area contributed by atoms with Crippen molar-refractivity contribution in [3.05, 3.63) is 34.0 Å². The van der Waals surface area contributed by atoms with Gasteiger partial charge in [-0.1, -0.05) is 42.5 Å². The third kappa shape index (κ3) is 3.10.